The number of amides is 2. The monoisotopic (exact) mass is 449 g/mol. The van der Waals surface area contributed by atoms with Gasteiger partial charge in [-0.1, -0.05) is 59.3 Å². The number of fused-ring (bicyclic) bond motifs is 6. The Labute approximate surface area is 187 Å². The van der Waals surface area contributed by atoms with E-state index in [1.54, 1.807) is 11.9 Å². The number of allylic oxidation sites excluding steroid dienone is 1. The van der Waals surface area contributed by atoms with E-state index in [0.717, 1.165) is 28.8 Å². The Kier molecular flexibility index (Phi) is 3.33. The van der Waals surface area contributed by atoms with Gasteiger partial charge in [0, 0.05) is 12.7 Å². The summed E-state index contributed by atoms with van der Waals surface area (Å²) in [6, 6.07) is 16.1. The van der Waals surface area contributed by atoms with E-state index in [0.29, 0.717) is 0 Å². The molecule has 0 aromatic heterocycles. The summed E-state index contributed by atoms with van der Waals surface area (Å²) < 4.78 is 0. The summed E-state index contributed by atoms with van der Waals surface area (Å²) in [5.74, 6) is -0.322. The SMILES string of the molecule is CN1C(=O)[C@]23SS[C@H]1C(=O)N2[C@H]1Nc2ccccc2[C@@]1(C1=CCc2ccccc21)[C@@H]3O. The third-order valence-corrected chi connectivity index (χ3v) is 10.7. The summed E-state index contributed by atoms with van der Waals surface area (Å²) in [5.41, 5.74) is 4.20. The van der Waals surface area contributed by atoms with Gasteiger partial charge in [-0.15, -0.1) is 0 Å². The quantitative estimate of drug-likeness (QED) is 0.652. The predicted molar refractivity (Wildman–Crippen MR) is 121 cm³/mol. The Balaban J connectivity index is 1.55. The van der Waals surface area contributed by atoms with Crippen LogP contribution in [0.2, 0.25) is 0 Å². The zero-order chi connectivity index (χ0) is 21.1. The highest BCUT2D eigenvalue weighted by Gasteiger charge is 2.80. The molecule has 5 aliphatic heterocycles. The number of likely N-dealkylation sites (N-methyl/N-ethyl adjacent to an activating group) is 1. The van der Waals surface area contributed by atoms with Crippen LogP contribution in [-0.4, -0.2) is 56.3 Å². The molecule has 8 heteroatoms. The molecule has 4 fully saturated rings. The van der Waals surface area contributed by atoms with E-state index in [-0.39, 0.29) is 11.8 Å². The molecule has 6 aliphatic rings. The maximum atomic E-state index is 13.6. The Hall–Kier alpha value is -2.42. The fraction of sp³-hybridized carbons (Fsp3) is 0.304. The van der Waals surface area contributed by atoms with Crippen LogP contribution in [0.5, 0.6) is 0 Å². The van der Waals surface area contributed by atoms with Gasteiger partial charge >= 0.3 is 0 Å². The first-order chi connectivity index (χ1) is 15.0. The van der Waals surface area contributed by atoms with Crippen LogP contribution < -0.4 is 5.32 Å². The largest absolute Gasteiger partial charge is 0.388 e. The van der Waals surface area contributed by atoms with E-state index in [9.17, 15) is 14.7 Å². The second-order valence-corrected chi connectivity index (χ2v) is 11.2. The number of hydrogen-bond acceptors (Lipinski definition) is 6. The topological polar surface area (TPSA) is 72.9 Å². The van der Waals surface area contributed by atoms with Crippen LogP contribution in [-0.2, 0) is 21.4 Å². The van der Waals surface area contributed by atoms with Gasteiger partial charge in [-0.2, -0.15) is 0 Å². The number of benzene rings is 2. The lowest BCUT2D eigenvalue weighted by Gasteiger charge is -2.53. The Bertz CT molecular complexity index is 1230. The molecule has 1 aliphatic carbocycles. The molecule has 2 aromatic rings. The fourth-order valence-electron chi connectivity index (χ4n) is 6.19. The summed E-state index contributed by atoms with van der Waals surface area (Å²) in [6.45, 7) is 0. The number of carbonyl (C=O) groups is 2. The minimum absolute atomic E-state index is 0.121. The van der Waals surface area contributed by atoms with Crippen molar-refractivity contribution in [3.8, 4) is 0 Å². The van der Waals surface area contributed by atoms with E-state index >= 15 is 0 Å². The molecular weight excluding hydrogens is 430 g/mol. The predicted octanol–water partition coefficient (Wildman–Crippen LogP) is 2.41. The van der Waals surface area contributed by atoms with E-state index in [1.165, 1.54) is 32.1 Å². The average molecular weight is 450 g/mol. The smallest absolute Gasteiger partial charge is 0.263 e. The summed E-state index contributed by atoms with van der Waals surface area (Å²) in [6.07, 6.45) is 1.31. The molecule has 156 valence electrons. The summed E-state index contributed by atoms with van der Waals surface area (Å²) in [4.78, 5) is 29.0. The number of aliphatic hydroxyl groups excluding tert-OH is 1. The molecule has 2 N–H and O–H groups in total. The number of aliphatic hydroxyl groups is 1. The van der Waals surface area contributed by atoms with Gasteiger partial charge in [0.25, 0.3) is 11.8 Å². The van der Waals surface area contributed by atoms with Crippen molar-refractivity contribution < 1.29 is 14.7 Å². The molecule has 2 amide bonds. The third-order valence-electron chi connectivity index (χ3n) is 7.49. The molecule has 2 bridgehead atoms. The third kappa shape index (κ3) is 1.78. The van der Waals surface area contributed by atoms with Crippen molar-refractivity contribution in [3.63, 3.8) is 0 Å². The molecule has 6 nitrogen and oxygen atoms in total. The van der Waals surface area contributed by atoms with Gasteiger partial charge < -0.3 is 15.3 Å². The molecule has 0 saturated carbocycles. The van der Waals surface area contributed by atoms with Crippen molar-refractivity contribution in [1.29, 1.82) is 0 Å². The molecule has 5 atom stereocenters. The first-order valence-corrected chi connectivity index (χ1v) is 12.5. The van der Waals surface area contributed by atoms with Crippen LogP contribution in [0.15, 0.2) is 54.6 Å². The number of carbonyl (C=O) groups excluding carboxylic acids is 2. The van der Waals surface area contributed by atoms with Crippen molar-refractivity contribution >= 4 is 44.7 Å². The number of piperazine rings is 1. The zero-order valence-corrected chi connectivity index (χ0v) is 18.2. The van der Waals surface area contributed by atoms with Crippen molar-refractivity contribution in [3.05, 3.63) is 71.3 Å². The van der Waals surface area contributed by atoms with Gasteiger partial charge in [-0.05, 0) is 45.5 Å². The lowest BCUT2D eigenvalue weighted by Crippen LogP contribution is -2.73. The van der Waals surface area contributed by atoms with Crippen molar-refractivity contribution in [2.75, 3.05) is 12.4 Å². The second kappa shape index (κ2) is 5.68. The molecule has 4 saturated heterocycles. The maximum Gasteiger partial charge on any atom is 0.263 e. The van der Waals surface area contributed by atoms with Crippen molar-refractivity contribution in [1.82, 2.24) is 9.80 Å². The van der Waals surface area contributed by atoms with Crippen LogP contribution >= 0.6 is 21.6 Å². The van der Waals surface area contributed by atoms with Crippen LogP contribution in [0.3, 0.4) is 0 Å². The van der Waals surface area contributed by atoms with Gasteiger partial charge in [0.15, 0.2) is 5.37 Å². The van der Waals surface area contributed by atoms with Crippen molar-refractivity contribution in [2.45, 2.75) is 34.4 Å². The number of hydrogen-bond donors (Lipinski definition) is 2. The fourth-order valence-corrected chi connectivity index (χ4v) is 9.69. The number of nitrogens with zero attached hydrogens (tertiary/aromatic N) is 2. The zero-order valence-electron chi connectivity index (χ0n) is 16.6. The van der Waals surface area contributed by atoms with Crippen LogP contribution in [0.1, 0.15) is 16.7 Å². The van der Waals surface area contributed by atoms with E-state index in [4.69, 9.17) is 0 Å². The van der Waals surface area contributed by atoms with E-state index in [2.05, 4.69) is 23.5 Å². The van der Waals surface area contributed by atoms with Gasteiger partial charge in [-0.3, -0.25) is 14.5 Å². The summed E-state index contributed by atoms with van der Waals surface area (Å²) >= 11 is 0. The summed E-state index contributed by atoms with van der Waals surface area (Å²) in [7, 11) is 4.37. The minimum atomic E-state index is -1.35. The Morgan fingerprint density at radius 2 is 1.90 bits per heavy atom. The van der Waals surface area contributed by atoms with Gasteiger partial charge in [0.05, 0.1) is 5.41 Å². The Morgan fingerprint density at radius 1 is 1.13 bits per heavy atom. The molecule has 0 radical (unpaired) electrons. The molecule has 8 rings (SSSR count). The number of anilines is 1. The molecule has 0 unspecified atom stereocenters. The maximum absolute atomic E-state index is 13.6. The van der Waals surface area contributed by atoms with E-state index in [1.807, 2.05) is 36.4 Å². The summed E-state index contributed by atoms with van der Waals surface area (Å²) in [5, 5.41) is 15.2. The molecule has 5 heterocycles. The van der Waals surface area contributed by atoms with Crippen LogP contribution in [0, 0.1) is 0 Å². The number of para-hydroxylation sites is 1. The molecule has 31 heavy (non-hydrogen) atoms. The number of nitrogens with one attached hydrogen (secondary N) is 1. The average Bonchev–Trinajstić information content (AvgIpc) is 3.41. The highest BCUT2D eigenvalue weighted by Crippen LogP contribution is 2.69. The standard InChI is InChI=1S/C23H19N3O3S2/c1-25-18-17(27)26-20-22(15-8-4-5-9-16(15)24-20,19(28)23(26,21(25)29)31-30-18)14-11-10-12-6-2-3-7-13(12)14/h2-9,11,18-20,24,28H,10H2,1H3/t18-,19-,20+,22-,23-/m0/s1. The van der Waals surface area contributed by atoms with Gasteiger partial charge in [-0.25, -0.2) is 0 Å². The first kappa shape index (κ1) is 18.2. The number of rotatable bonds is 1. The molecule has 1 spiro atoms. The van der Waals surface area contributed by atoms with Gasteiger partial charge in [0.1, 0.15) is 12.3 Å². The van der Waals surface area contributed by atoms with Crippen molar-refractivity contribution in [2.24, 2.45) is 0 Å². The Morgan fingerprint density at radius 3 is 2.77 bits per heavy atom. The minimum Gasteiger partial charge on any atom is -0.388 e. The first-order valence-electron chi connectivity index (χ1n) is 10.3. The molecular formula is C23H19N3O3S2. The lowest BCUT2D eigenvalue weighted by molar-refractivity contribution is -0.160. The lowest BCUT2D eigenvalue weighted by atomic mass is 9.68. The normalized spacial score (nSPS) is 36.7. The van der Waals surface area contributed by atoms with E-state index < -0.39 is 27.9 Å². The van der Waals surface area contributed by atoms with Gasteiger partial charge in [0.2, 0.25) is 4.87 Å². The highest BCUT2D eigenvalue weighted by atomic mass is 33.1. The van der Waals surface area contributed by atoms with Crippen LogP contribution in [0.4, 0.5) is 5.69 Å². The molecule has 2 aromatic carbocycles. The second-order valence-electron chi connectivity index (χ2n) is 8.70. The highest BCUT2D eigenvalue weighted by molar-refractivity contribution is 8.78. The van der Waals surface area contributed by atoms with Crippen LogP contribution in [0.25, 0.3) is 5.57 Å².